The Kier molecular flexibility index (Phi) is 4.36. The first kappa shape index (κ1) is 14.8. The number of aliphatic carboxylic acids is 1. The fourth-order valence-electron chi connectivity index (χ4n) is 1.90. The second-order valence-electron chi connectivity index (χ2n) is 4.74. The summed E-state index contributed by atoms with van der Waals surface area (Å²) in [4.78, 5) is 24.3. The first-order valence-electron chi connectivity index (χ1n) is 6.44. The second kappa shape index (κ2) is 6.21. The molecule has 0 spiro atoms. The van der Waals surface area contributed by atoms with E-state index in [9.17, 15) is 9.59 Å². The Bertz CT molecular complexity index is 646. The zero-order valence-corrected chi connectivity index (χ0v) is 11.9. The molecule has 112 valence electrons. The first-order valence-corrected chi connectivity index (χ1v) is 6.44. The number of carbonyl (C=O) groups is 2. The summed E-state index contributed by atoms with van der Waals surface area (Å²) < 4.78 is 3.17. The molecule has 8 heteroatoms. The summed E-state index contributed by atoms with van der Waals surface area (Å²) in [6.45, 7) is 0.684. The van der Waals surface area contributed by atoms with Crippen molar-refractivity contribution in [3.05, 3.63) is 35.9 Å². The van der Waals surface area contributed by atoms with Gasteiger partial charge in [0, 0.05) is 26.5 Å². The standard InChI is InChI=1S/C13H17N5O3/c1-16(9-11-3-5-14-17(11)2)13(21)10-7-15-18(8-10)6-4-12(19)20/h3,5,7-8H,4,6,9H2,1-2H3,(H,19,20). The van der Waals surface area contributed by atoms with Gasteiger partial charge in [0.25, 0.3) is 5.91 Å². The van der Waals surface area contributed by atoms with Crippen LogP contribution < -0.4 is 0 Å². The number of amides is 1. The van der Waals surface area contributed by atoms with Crippen LogP contribution in [0.1, 0.15) is 22.5 Å². The van der Waals surface area contributed by atoms with Crippen LogP contribution in [0.25, 0.3) is 0 Å². The Morgan fingerprint density at radius 2 is 2.14 bits per heavy atom. The molecule has 8 nitrogen and oxygen atoms in total. The van der Waals surface area contributed by atoms with Gasteiger partial charge in [0.2, 0.25) is 0 Å². The van der Waals surface area contributed by atoms with Gasteiger partial charge in [-0.15, -0.1) is 0 Å². The van der Waals surface area contributed by atoms with Crippen molar-refractivity contribution < 1.29 is 14.7 Å². The van der Waals surface area contributed by atoms with E-state index in [4.69, 9.17) is 5.11 Å². The third kappa shape index (κ3) is 3.68. The quantitative estimate of drug-likeness (QED) is 0.829. The van der Waals surface area contributed by atoms with Crippen LogP contribution in [0.3, 0.4) is 0 Å². The third-order valence-corrected chi connectivity index (χ3v) is 3.10. The summed E-state index contributed by atoms with van der Waals surface area (Å²) >= 11 is 0. The smallest absolute Gasteiger partial charge is 0.305 e. The summed E-state index contributed by atoms with van der Waals surface area (Å²) in [6, 6.07) is 1.85. The van der Waals surface area contributed by atoms with E-state index >= 15 is 0 Å². The van der Waals surface area contributed by atoms with E-state index in [1.807, 2.05) is 13.1 Å². The van der Waals surface area contributed by atoms with E-state index in [1.54, 1.807) is 29.0 Å². The molecule has 0 aliphatic carbocycles. The number of hydrogen-bond donors (Lipinski definition) is 1. The third-order valence-electron chi connectivity index (χ3n) is 3.10. The summed E-state index contributed by atoms with van der Waals surface area (Å²) in [7, 11) is 3.52. The lowest BCUT2D eigenvalue weighted by atomic mass is 10.3. The lowest BCUT2D eigenvalue weighted by molar-refractivity contribution is -0.137. The molecule has 2 heterocycles. The number of hydrogen-bond acceptors (Lipinski definition) is 4. The van der Waals surface area contributed by atoms with Gasteiger partial charge in [-0.25, -0.2) is 0 Å². The fourth-order valence-corrected chi connectivity index (χ4v) is 1.90. The average molecular weight is 291 g/mol. The number of carbonyl (C=O) groups excluding carboxylic acids is 1. The van der Waals surface area contributed by atoms with Crippen molar-refractivity contribution in [2.75, 3.05) is 7.05 Å². The molecule has 0 bridgehead atoms. The number of aryl methyl sites for hydroxylation is 2. The van der Waals surface area contributed by atoms with Gasteiger partial charge in [-0.2, -0.15) is 10.2 Å². The first-order chi connectivity index (χ1) is 9.97. The summed E-state index contributed by atoms with van der Waals surface area (Å²) in [6.07, 6.45) is 4.66. The topological polar surface area (TPSA) is 93.3 Å². The SMILES string of the molecule is CN(Cc1ccnn1C)C(=O)c1cnn(CCC(=O)O)c1. The van der Waals surface area contributed by atoms with E-state index in [-0.39, 0.29) is 18.9 Å². The highest BCUT2D eigenvalue weighted by molar-refractivity contribution is 5.93. The van der Waals surface area contributed by atoms with Crippen LogP contribution in [0, 0.1) is 0 Å². The lowest BCUT2D eigenvalue weighted by Gasteiger charge is -2.16. The average Bonchev–Trinajstić information content (AvgIpc) is 3.05. The van der Waals surface area contributed by atoms with Crippen LogP contribution in [-0.4, -0.2) is 48.5 Å². The molecule has 0 aromatic carbocycles. The van der Waals surface area contributed by atoms with Gasteiger partial charge >= 0.3 is 5.97 Å². The van der Waals surface area contributed by atoms with Gasteiger partial charge in [0.05, 0.1) is 37.0 Å². The minimum absolute atomic E-state index is 0.0276. The van der Waals surface area contributed by atoms with Gasteiger partial charge in [0.15, 0.2) is 0 Å². The zero-order valence-electron chi connectivity index (χ0n) is 11.9. The molecule has 0 radical (unpaired) electrons. The highest BCUT2D eigenvalue weighted by atomic mass is 16.4. The van der Waals surface area contributed by atoms with E-state index in [2.05, 4.69) is 10.2 Å². The minimum Gasteiger partial charge on any atom is -0.481 e. The number of rotatable bonds is 6. The molecule has 0 saturated carbocycles. The van der Waals surface area contributed by atoms with Crippen LogP contribution in [0.15, 0.2) is 24.7 Å². The molecule has 0 atom stereocenters. The molecular formula is C13H17N5O3. The van der Waals surface area contributed by atoms with E-state index in [0.29, 0.717) is 12.1 Å². The van der Waals surface area contributed by atoms with Crippen molar-refractivity contribution in [3.8, 4) is 0 Å². The maximum atomic E-state index is 12.3. The molecule has 2 aromatic rings. The van der Waals surface area contributed by atoms with Gasteiger partial charge in [-0.05, 0) is 6.07 Å². The van der Waals surface area contributed by atoms with Gasteiger partial charge in [-0.3, -0.25) is 19.0 Å². The van der Waals surface area contributed by atoms with Crippen LogP contribution in [0.5, 0.6) is 0 Å². The Morgan fingerprint density at radius 3 is 2.76 bits per heavy atom. The predicted octanol–water partition coefficient (Wildman–Crippen LogP) is 0.363. The number of carboxylic acids is 1. The summed E-state index contributed by atoms with van der Waals surface area (Å²) in [5, 5.41) is 16.7. The molecule has 1 N–H and O–H groups in total. The zero-order chi connectivity index (χ0) is 15.4. The van der Waals surface area contributed by atoms with E-state index < -0.39 is 5.97 Å². The van der Waals surface area contributed by atoms with Gasteiger partial charge < -0.3 is 10.0 Å². The van der Waals surface area contributed by atoms with Crippen molar-refractivity contribution in [3.63, 3.8) is 0 Å². The molecule has 0 unspecified atom stereocenters. The van der Waals surface area contributed by atoms with E-state index in [1.165, 1.54) is 10.9 Å². The Balaban J connectivity index is 1.99. The molecule has 0 aliphatic rings. The highest BCUT2D eigenvalue weighted by Gasteiger charge is 2.15. The Labute approximate surface area is 121 Å². The lowest BCUT2D eigenvalue weighted by Crippen LogP contribution is -2.27. The molecule has 1 amide bonds. The summed E-state index contributed by atoms with van der Waals surface area (Å²) in [5.74, 6) is -1.07. The monoisotopic (exact) mass is 291 g/mol. The van der Waals surface area contributed by atoms with Crippen LogP contribution in [-0.2, 0) is 24.9 Å². The Hall–Kier alpha value is -2.64. The van der Waals surface area contributed by atoms with Crippen molar-refractivity contribution in [1.82, 2.24) is 24.5 Å². The molecule has 0 saturated heterocycles. The van der Waals surface area contributed by atoms with Gasteiger partial charge in [0.1, 0.15) is 0 Å². The predicted molar refractivity (Wildman–Crippen MR) is 73.5 cm³/mol. The van der Waals surface area contributed by atoms with Gasteiger partial charge in [-0.1, -0.05) is 0 Å². The number of carboxylic acid groups (broad SMARTS) is 1. The fraction of sp³-hybridized carbons (Fsp3) is 0.385. The maximum Gasteiger partial charge on any atom is 0.305 e. The molecule has 0 aliphatic heterocycles. The summed E-state index contributed by atoms with van der Waals surface area (Å²) in [5.41, 5.74) is 1.36. The van der Waals surface area contributed by atoms with Crippen molar-refractivity contribution in [1.29, 1.82) is 0 Å². The normalized spacial score (nSPS) is 10.6. The maximum absolute atomic E-state index is 12.3. The van der Waals surface area contributed by atoms with E-state index in [0.717, 1.165) is 5.69 Å². The largest absolute Gasteiger partial charge is 0.481 e. The van der Waals surface area contributed by atoms with Crippen LogP contribution >= 0.6 is 0 Å². The molecule has 0 fully saturated rings. The molecule has 2 rings (SSSR count). The number of nitrogens with zero attached hydrogens (tertiary/aromatic N) is 5. The molecule has 2 aromatic heterocycles. The Morgan fingerprint density at radius 1 is 1.38 bits per heavy atom. The molecule has 21 heavy (non-hydrogen) atoms. The van der Waals surface area contributed by atoms with Crippen molar-refractivity contribution in [2.45, 2.75) is 19.5 Å². The van der Waals surface area contributed by atoms with Crippen LogP contribution in [0.4, 0.5) is 0 Å². The molecular weight excluding hydrogens is 274 g/mol. The van der Waals surface area contributed by atoms with Crippen molar-refractivity contribution in [2.24, 2.45) is 7.05 Å². The van der Waals surface area contributed by atoms with Crippen LogP contribution in [0.2, 0.25) is 0 Å². The highest BCUT2D eigenvalue weighted by Crippen LogP contribution is 2.07. The number of aromatic nitrogens is 4. The van der Waals surface area contributed by atoms with Crippen molar-refractivity contribution >= 4 is 11.9 Å². The second-order valence-corrected chi connectivity index (χ2v) is 4.74. The minimum atomic E-state index is -0.897.